The van der Waals surface area contributed by atoms with Crippen molar-refractivity contribution < 1.29 is 4.79 Å². The van der Waals surface area contributed by atoms with Gasteiger partial charge in [-0.1, -0.05) is 23.2 Å². The van der Waals surface area contributed by atoms with Crippen molar-refractivity contribution in [3.63, 3.8) is 0 Å². The highest BCUT2D eigenvalue weighted by atomic mass is 35.5. The van der Waals surface area contributed by atoms with Gasteiger partial charge in [0.1, 0.15) is 5.56 Å². The van der Waals surface area contributed by atoms with E-state index in [1.54, 1.807) is 19.0 Å². The molecule has 24 heavy (non-hydrogen) atoms. The van der Waals surface area contributed by atoms with E-state index in [2.05, 4.69) is 0 Å². The molecule has 0 spiro atoms. The highest BCUT2D eigenvalue weighted by Gasteiger charge is 2.24. The Labute approximate surface area is 148 Å². The minimum Gasteiger partial charge on any atom is -0.304 e. The SMILES string of the molecule is CN(C)Cc1c(C(=O)c2ccc(Cl)cc2Cl)c(=O)n(C)c(=O)n1C. The van der Waals surface area contributed by atoms with Crippen molar-refractivity contribution in [3.8, 4) is 0 Å². The zero-order chi connectivity index (χ0) is 18.2. The van der Waals surface area contributed by atoms with Crippen molar-refractivity contribution in [1.29, 1.82) is 0 Å². The van der Waals surface area contributed by atoms with Gasteiger partial charge in [-0.2, -0.15) is 0 Å². The van der Waals surface area contributed by atoms with Crippen LogP contribution in [-0.4, -0.2) is 33.9 Å². The zero-order valence-electron chi connectivity index (χ0n) is 13.8. The maximum atomic E-state index is 12.9. The molecular formula is C16H17Cl2N3O3. The summed E-state index contributed by atoms with van der Waals surface area (Å²) in [6, 6.07) is 4.43. The predicted octanol–water partition coefficient (Wildman–Crippen LogP) is 1.68. The van der Waals surface area contributed by atoms with Crippen molar-refractivity contribution in [2.75, 3.05) is 14.1 Å². The quantitative estimate of drug-likeness (QED) is 0.769. The summed E-state index contributed by atoms with van der Waals surface area (Å²) in [6.07, 6.45) is 0. The second kappa shape index (κ2) is 6.93. The van der Waals surface area contributed by atoms with E-state index in [-0.39, 0.29) is 22.7 Å². The average molecular weight is 370 g/mol. The summed E-state index contributed by atoms with van der Waals surface area (Å²) in [7, 11) is 6.43. The minimum absolute atomic E-state index is 0.0717. The van der Waals surface area contributed by atoms with Crippen molar-refractivity contribution in [1.82, 2.24) is 14.0 Å². The predicted molar refractivity (Wildman–Crippen MR) is 94.2 cm³/mol. The Morgan fingerprint density at radius 2 is 1.75 bits per heavy atom. The number of hydrogen-bond donors (Lipinski definition) is 0. The fraction of sp³-hybridized carbons (Fsp3) is 0.312. The van der Waals surface area contributed by atoms with E-state index in [1.807, 2.05) is 0 Å². The fourth-order valence-corrected chi connectivity index (χ4v) is 2.90. The molecule has 2 aromatic rings. The van der Waals surface area contributed by atoms with Gasteiger partial charge in [0.05, 0.1) is 10.7 Å². The molecule has 1 heterocycles. The van der Waals surface area contributed by atoms with E-state index in [0.717, 1.165) is 4.57 Å². The molecule has 1 aromatic heterocycles. The molecule has 2 rings (SSSR count). The van der Waals surface area contributed by atoms with E-state index in [4.69, 9.17) is 23.2 Å². The second-order valence-electron chi connectivity index (χ2n) is 5.72. The lowest BCUT2D eigenvalue weighted by atomic mass is 10.0. The molecule has 1 aromatic carbocycles. The van der Waals surface area contributed by atoms with E-state index in [9.17, 15) is 14.4 Å². The Bertz CT molecular complexity index is 929. The summed E-state index contributed by atoms with van der Waals surface area (Å²) in [6.45, 7) is 0.258. The molecule has 0 bridgehead atoms. The molecule has 8 heteroatoms. The van der Waals surface area contributed by atoms with E-state index >= 15 is 0 Å². The van der Waals surface area contributed by atoms with Crippen LogP contribution < -0.4 is 11.2 Å². The number of carbonyl (C=O) groups is 1. The van der Waals surface area contributed by atoms with Gasteiger partial charge in [0.25, 0.3) is 5.56 Å². The summed E-state index contributed by atoms with van der Waals surface area (Å²) < 4.78 is 2.22. The molecular weight excluding hydrogens is 353 g/mol. The van der Waals surface area contributed by atoms with Crippen LogP contribution in [0.3, 0.4) is 0 Å². The molecule has 0 saturated carbocycles. The Hall–Kier alpha value is -1.89. The molecule has 0 fully saturated rings. The van der Waals surface area contributed by atoms with Crippen LogP contribution in [-0.2, 0) is 20.6 Å². The lowest BCUT2D eigenvalue weighted by Crippen LogP contribution is -2.43. The third-order valence-electron chi connectivity index (χ3n) is 3.65. The Morgan fingerprint density at radius 1 is 1.12 bits per heavy atom. The van der Waals surface area contributed by atoms with Gasteiger partial charge in [0.15, 0.2) is 0 Å². The number of ketones is 1. The van der Waals surface area contributed by atoms with Gasteiger partial charge < -0.3 is 4.90 Å². The Morgan fingerprint density at radius 3 is 2.29 bits per heavy atom. The van der Waals surface area contributed by atoms with Gasteiger partial charge in [-0.05, 0) is 32.3 Å². The van der Waals surface area contributed by atoms with Crippen molar-refractivity contribution in [2.24, 2.45) is 14.1 Å². The second-order valence-corrected chi connectivity index (χ2v) is 6.56. The third-order valence-corrected chi connectivity index (χ3v) is 4.20. The zero-order valence-corrected chi connectivity index (χ0v) is 15.3. The van der Waals surface area contributed by atoms with Crippen molar-refractivity contribution >= 4 is 29.0 Å². The average Bonchev–Trinajstić information content (AvgIpc) is 2.50. The Kier molecular flexibility index (Phi) is 5.32. The van der Waals surface area contributed by atoms with Crippen LogP contribution in [0.25, 0.3) is 0 Å². The van der Waals surface area contributed by atoms with Crippen LogP contribution in [0, 0.1) is 0 Å². The molecule has 0 saturated heterocycles. The number of carbonyl (C=O) groups excluding carboxylic acids is 1. The monoisotopic (exact) mass is 369 g/mol. The van der Waals surface area contributed by atoms with Crippen LogP contribution in [0.15, 0.2) is 27.8 Å². The fourth-order valence-electron chi connectivity index (χ4n) is 2.41. The maximum absolute atomic E-state index is 12.9. The van der Waals surface area contributed by atoms with Crippen LogP contribution in [0.5, 0.6) is 0 Å². The molecule has 6 nitrogen and oxygen atoms in total. The molecule has 0 atom stereocenters. The van der Waals surface area contributed by atoms with Crippen LogP contribution in [0.4, 0.5) is 0 Å². The molecule has 128 valence electrons. The number of nitrogens with zero attached hydrogens (tertiary/aromatic N) is 3. The molecule has 0 aliphatic heterocycles. The number of halogens is 2. The molecule has 0 aliphatic carbocycles. The maximum Gasteiger partial charge on any atom is 0.330 e. The van der Waals surface area contributed by atoms with Gasteiger partial charge in [0.2, 0.25) is 5.78 Å². The van der Waals surface area contributed by atoms with Gasteiger partial charge in [-0.15, -0.1) is 0 Å². The van der Waals surface area contributed by atoms with Gasteiger partial charge in [0, 0.05) is 31.2 Å². The first kappa shape index (κ1) is 18.4. The topological polar surface area (TPSA) is 64.3 Å². The van der Waals surface area contributed by atoms with Gasteiger partial charge in [-0.3, -0.25) is 18.7 Å². The number of hydrogen-bond acceptors (Lipinski definition) is 4. The highest BCUT2D eigenvalue weighted by Crippen LogP contribution is 2.23. The van der Waals surface area contributed by atoms with Crippen molar-refractivity contribution in [2.45, 2.75) is 6.54 Å². The molecule has 0 radical (unpaired) electrons. The molecule has 0 N–H and O–H groups in total. The third kappa shape index (κ3) is 3.31. The van der Waals surface area contributed by atoms with Crippen LogP contribution in [0.2, 0.25) is 10.0 Å². The smallest absolute Gasteiger partial charge is 0.304 e. The first-order valence-electron chi connectivity index (χ1n) is 7.08. The summed E-state index contributed by atoms with van der Waals surface area (Å²) >= 11 is 12.0. The van der Waals surface area contributed by atoms with E-state index < -0.39 is 17.0 Å². The molecule has 0 amide bonds. The van der Waals surface area contributed by atoms with E-state index in [0.29, 0.717) is 10.7 Å². The molecule has 0 unspecified atom stereocenters. The summed E-state index contributed by atoms with van der Waals surface area (Å²) in [4.78, 5) is 39.5. The normalized spacial score (nSPS) is 11.1. The largest absolute Gasteiger partial charge is 0.330 e. The van der Waals surface area contributed by atoms with Crippen LogP contribution in [0.1, 0.15) is 21.6 Å². The molecule has 0 aliphatic rings. The number of benzene rings is 1. The van der Waals surface area contributed by atoms with Crippen LogP contribution >= 0.6 is 23.2 Å². The van der Waals surface area contributed by atoms with Gasteiger partial charge >= 0.3 is 5.69 Å². The van der Waals surface area contributed by atoms with E-state index in [1.165, 1.54) is 36.9 Å². The first-order valence-corrected chi connectivity index (χ1v) is 7.84. The lowest BCUT2D eigenvalue weighted by molar-refractivity contribution is 0.103. The summed E-state index contributed by atoms with van der Waals surface area (Å²) in [5.74, 6) is -0.537. The highest BCUT2D eigenvalue weighted by molar-refractivity contribution is 6.37. The van der Waals surface area contributed by atoms with Gasteiger partial charge in [-0.25, -0.2) is 4.79 Å². The lowest BCUT2D eigenvalue weighted by Gasteiger charge is -2.18. The standard InChI is InChI=1S/C16H17Cl2N3O3/c1-19(2)8-12-13(15(23)21(4)16(24)20(12)3)14(22)10-6-5-9(17)7-11(10)18/h5-7H,8H2,1-4H3. The minimum atomic E-state index is -0.647. The summed E-state index contributed by atoms with van der Waals surface area (Å²) in [5, 5.41) is 0.539. The number of rotatable bonds is 4. The Balaban J connectivity index is 2.79. The summed E-state index contributed by atoms with van der Waals surface area (Å²) in [5.41, 5.74) is -0.708. The number of aromatic nitrogens is 2. The first-order chi connectivity index (χ1) is 11.1. The van der Waals surface area contributed by atoms with Crippen molar-refractivity contribution in [3.05, 3.63) is 65.9 Å².